The first kappa shape index (κ1) is 18.3. The summed E-state index contributed by atoms with van der Waals surface area (Å²) in [7, 11) is 0. The molecule has 1 aliphatic carbocycles. The molecule has 0 radical (unpaired) electrons. The van der Waals surface area contributed by atoms with Gasteiger partial charge in [-0.25, -0.2) is 0 Å². The summed E-state index contributed by atoms with van der Waals surface area (Å²) in [6, 6.07) is 8.61. The largest absolute Gasteiger partial charge is 0.347 e. The zero-order valence-corrected chi connectivity index (χ0v) is 15.3. The Morgan fingerprint density at radius 1 is 1.26 bits per heavy atom. The van der Waals surface area contributed by atoms with E-state index in [4.69, 9.17) is 0 Å². The van der Waals surface area contributed by atoms with Gasteiger partial charge in [0.1, 0.15) is 0 Å². The van der Waals surface area contributed by atoms with Crippen LogP contribution in [0.15, 0.2) is 24.3 Å². The van der Waals surface area contributed by atoms with Gasteiger partial charge < -0.3 is 10.6 Å². The third kappa shape index (κ3) is 3.72. The van der Waals surface area contributed by atoms with Gasteiger partial charge in [-0.1, -0.05) is 31.2 Å². The van der Waals surface area contributed by atoms with E-state index in [9.17, 15) is 4.79 Å². The van der Waals surface area contributed by atoms with Crippen LogP contribution in [0, 0.1) is 11.3 Å². The van der Waals surface area contributed by atoms with Crippen LogP contribution in [-0.4, -0.2) is 19.0 Å². The minimum absolute atomic E-state index is 0. The molecule has 1 aromatic rings. The number of halogens is 1. The number of hydrogen-bond donors (Lipinski definition) is 2. The molecular weight excluding hydrogens is 308 g/mol. The number of piperidine rings is 1. The summed E-state index contributed by atoms with van der Waals surface area (Å²) in [4.78, 5) is 12.7. The third-order valence-electron chi connectivity index (χ3n) is 5.63. The summed E-state index contributed by atoms with van der Waals surface area (Å²) < 4.78 is 0. The number of carbonyl (C=O) groups is 1. The zero-order chi connectivity index (χ0) is 15.8. The van der Waals surface area contributed by atoms with Crippen molar-refractivity contribution in [3.8, 4) is 0 Å². The van der Waals surface area contributed by atoms with Crippen molar-refractivity contribution >= 4 is 18.3 Å². The van der Waals surface area contributed by atoms with E-state index in [0.717, 1.165) is 38.8 Å². The summed E-state index contributed by atoms with van der Waals surface area (Å²) in [6.45, 7) is 8.48. The van der Waals surface area contributed by atoms with E-state index in [-0.39, 0.29) is 29.8 Å². The number of rotatable bonds is 4. The van der Waals surface area contributed by atoms with E-state index >= 15 is 0 Å². The van der Waals surface area contributed by atoms with E-state index in [2.05, 4.69) is 55.7 Å². The van der Waals surface area contributed by atoms with Gasteiger partial charge in [0, 0.05) is 5.92 Å². The van der Waals surface area contributed by atoms with E-state index < -0.39 is 0 Å². The number of benzene rings is 1. The van der Waals surface area contributed by atoms with Crippen molar-refractivity contribution in [2.45, 2.75) is 52.0 Å². The first-order valence-electron chi connectivity index (χ1n) is 8.59. The summed E-state index contributed by atoms with van der Waals surface area (Å²) in [6.07, 6.45) is 4.42. The first-order valence-corrected chi connectivity index (χ1v) is 8.59. The Hall–Kier alpha value is -1.06. The molecule has 0 aromatic heterocycles. The van der Waals surface area contributed by atoms with Crippen LogP contribution in [0.3, 0.4) is 0 Å². The molecule has 1 saturated carbocycles. The molecule has 23 heavy (non-hydrogen) atoms. The maximum Gasteiger partial charge on any atom is 0.224 e. The monoisotopic (exact) mass is 336 g/mol. The molecule has 1 saturated heterocycles. The van der Waals surface area contributed by atoms with Crippen molar-refractivity contribution in [1.29, 1.82) is 0 Å². The molecule has 4 heteroatoms. The quantitative estimate of drug-likeness (QED) is 0.884. The highest BCUT2D eigenvalue weighted by molar-refractivity contribution is 5.85. The fraction of sp³-hybridized carbons (Fsp3) is 0.632. The minimum Gasteiger partial charge on any atom is -0.347 e. The fourth-order valence-corrected chi connectivity index (χ4v) is 3.82. The van der Waals surface area contributed by atoms with Crippen molar-refractivity contribution < 1.29 is 4.79 Å². The van der Waals surface area contributed by atoms with Crippen LogP contribution in [-0.2, 0) is 16.8 Å². The van der Waals surface area contributed by atoms with Gasteiger partial charge in [0.05, 0.1) is 5.54 Å². The molecule has 2 aliphatic rings. The molecule has 2 N–H and O–H groups in total. The van der Waals surface area contributed by atoms with Gasteiger partial charge in [-0.05, 0) is 69.2 Å². The number of carbonyl (C=O) groups excluding carboxylic acids is 1. The van der Waals surface area contributed by atoms with Crippen LogP contribution in [0.4, 0.5) is 0 Å². The van der Waals surface area contributed by atoms with Gasteiger partial charge in [0.25, 0.3) is 0 Å². The molecule has 3 nitrogen and oxygen atoms in total. The second-order valence-electron chi connectivity index (χ2n) is 7.53. The smallest absolute Gasteiger partial charge is 0.224 e. The van der Waals surface area contributed by atoms with Gasteiger partial charge in [-0.3, -0.25) is 4.79 Å². The molecule has 3 rings (SSSR count). The lowest BCUT2D eigenvalue weighted by Gasteiger charge is -2.29. The normalized spacial score (nSPS) is 22.3. The molecule has 1 aliphatic heterocycles. The van der Waals surface area contributed by atoms with Gasteiger partial charge in [0.2, 0.25) is 5.91 Å². The molecule has 1 atom stereocenters. The van der Waals surface area contributed by atoms with Crippen LogP contribution >= 0.6 is 12.4 Å². The highest BCUT2D eigenvalue weighted by atomic mass is 35.5. The number of amides is 1. The van der Waals surface area contributed by atoms with E-state index in [1.807, 2.05) is 0 Å². The zero-order valence-electron chi connectivity index (χ0n) is 14.4. The first-order chi connectivity index (χ1) is 10.5. The summed E-state index contributed by atoms with van der Waals surface area (Å²) >= 11 is 0. The molecule has 1 heterocycles. The Kier molecular flexibility index (Phi) is 5.42. The lowest BCUT2D eigenvalue weighted by Crippen LogP contribution is -2.43. The maximum absolute atomic E-state index is 12.7. The van der Waals surface area contributed by atoms with Gasteiger partial charge in [-0.15, -0.1) is 12.4 Å². The van der Waals surface area contributed by atoms with Crippen molar-refractivity contribution in [2.75, 3.05) is 13.1 Å². The van der Waals surface area contributed by atoms with Crippen LogP contribution in [0.1, 0.15) is 51.2 Å². The number of nitrogens with one attached hydrogen (secondary N) is 2. The maximum atomic E-state index is 12.7. The average Bonchev–Trinajstić information content (AvgIpc) is 3.21. The van der Waals surface area contributed by atoms with Gasteiger partial charge in [-0.2, -0.15) is 0 Å². The van der Waals surface area contributed by atoms with Crippen LogP contribution in [0.25, 0.3) is 0 Å². The molecule has 1 spiro atoms. The molecular formula is C19H29ClN2O. The summed E-state index contributed by atoms with van der Waals surface area (Å²) in [5.74, 6) is 0.468. The van der Waals surface area contributed by atoms with Crippen LogP contribution < -0.4 is 10.6 Å². The number of hydrogen-bond acceptors (Lipinski definition) is 2. The molecule has 128 valence electrons. The second kappa shape index (κ2) is 6.82. The predicted octanol–water partition coefficient (Wildman–Crippen LogP) is 3.41. The Bertz CT molecular complexity index is 547. The fourth-order valence-electron chi connectivity index (χ4n) is 3.82. The highest BCUT2D eigenvalue weighted by Crippen LogP contribution is 2.58. The van der Waals surface area contributed by atoms with Crippen LogP contribution in [0.2, 0.25) is 0 Å². The Balaban J connectivity index is 0.00000192. The van der Waals surface area contributed by atoms with Crippen molar-refractivity contribution in [1.82, 2.24) is 10.6 Å². The molecule has 1 amide bonds. The topological polar surface area (TPSA) is 41.1 Å². The van der Waals surface area contributed by atoms with Gasteiger partial charge >= 0.3 is 0 Å². The van der Waals surface area contributed by atoms with Crippen LogP contribution in [0.5, 0.6) is 0 Å². The standard InChI is InChI=1S/C19H28N2O.ClH/c1-4-14-5-7-15(8-6-14)18(2,3)21-17(22)16-13-19(16)9-11-20-12-10-19;/h5-8,16,20H,4,9-13H2,1-3H3,(H,21,22);1H. The Morgan fingerprint density at radius 3 is 2.43 bits per heavy atom. The SMILES string of the molecule is CCc1ccc(C(C)(C)NC(=O)C2CC23CCNCC3)cc1.Cl. The summed E-state index contributed by atoms with van der Waals surface area (Å²) in [5, 5.41) is 6.68. The van der Waals surface area contributed by atoms with E-state index in [0.29, 0.717) is 5.41 Å². The van der Waals surface area contributed by atoms with Gasteiger partial charge in [0.15, 0.2) is 0 Å². The lowest BCUT2D eigenvalue weighted by atomic mass is 9.90. The minimum atomic E-state index is -0.306. The molecule has 2 fully saturated rings. The summed E-state index contributed by atoms with van der Waals surface area (Å²) in [5.41, 5.74) is 2.51. The Morgan fingerprint density at radius 2 is 1.87 bits per heavy atom. The van der Waals surface area contributed by atoms with Crippen molar-refractivity contribution in [3.05, 3.63) is 35.4 Å². The van der Waals surface area contributed by atoms with E-state index in [1.54, 1.807) is 0 Å². The molecule has 1 unspecified atom stereocenters. The van der Waals surface area contributed by atoms with Crippen molar-refractivity contribution in [3.63, 3.8) is 0 Å². The second-order valence-corrected chi connectivity index (χ2v) is 7.53. The van der Waals surface area contributed by atoms with E-state index in [1.165, 1.54) is 11.1 Å². The third-order valence-corrected chi connectivity index (χ3v) is 5.63. The predicted molar refractivity (Wildman–Crippen MR) is 96.9 cm³/mol. The lowest BCUT2D eigenvalue weighted by molar-refractivity contribution is -0.125. The van der Waals surface area contributed by atoms with Crippen molar-refractivity contribution in [2.24, 2.45) is 11.3 Å². The highest BCUT2D eigenvalue weighted by Gasteiger charge is 2.58. The number of aryl methyl sites for hydroxylation is 1. The molecule has 0 bridgehead atoms. The molecule has 1 aromatic carbocycles. The average molecular weight is 337 g/mol. The Labute approximate surface area is 146 Å².